The number of phosphoric acid groups is 1. The van der Waals surface area contributed by atoms with Gasteiger partial charge in [0.25, 0.3) is 0 Å². The van der Waals surface area contributed by atoms with Crippen LogP contribution in [-0.2, 0) is 22.9 Å². The number of hydrogen-bond acceptors (Lipinski definition) is 6. The van der Waals surface area contributed by atoms with Crippen molar-refractivity contribution in [1.29, 1.82) is 0 Å². The lowest BCUT2D eigenvalue weighted by atomic mass is 10.2. The number of ether oxygens (including phenoxy) is 1. The first-order chi connectivity index (χ1) is 7.13. The zero-order chi connectivity index (χ0) is 10.9. The maximum Gasteiger partial charge on any atom is 0.654 e. The van der Waals surface area contributed by atoms with Crippen LogP contribution in [0.5, 0.6) is 0 Å². The first kappa shape index (κ1) is 10.6. The van der Waals surface area contributed by atoms with Gasteiger partial charge in [-0.1, -0.05) is 19.8 Å². The fourth-order valence-corrected chi connectivity index (χ4v) is 2.25. The Balaban J connectivity index is 1.74. The van der Waals surface area contributed by atoms with E-state index in [1.807, 2.05) is 0 Å². The second-order valence-corrected chi connectivity index (χ2v) is 4.81. The van der Waals surface area contributed by atoms with Crippen LogP contribution in [-0.4, -0.2) is 11.4 Å². The molecule has 2 bridgehead atoms. The van der Waals surface area contributed by atoms with Crippen LogP contribution in [0.1, 0.15) is 32.6 Å². The lowest BCUT2D eigenvalue weighted by Gasteiger charge is -2.14. The molecule has 0 aromatic heterocycles. The van der Waals surface area contributed by atoms with Crippen LogP contribution in [0, 0.1) is 0 Å². The minimum atomic E-state index is -3.35. The Morgan fingerprint density at radius 3 is 2.67 bits per heavy atom. The SMILES string of the molecule is CCCCCC(O)OC1=C2OP(=O)(O1)O2. The van der Waals surface area contributed by atoms with Gasteiger partial charge in [-0.25, -0.2) is 0 Å². The third kappa shape index (κ3) is 2.21. The highest BCUT2D eigenvalue weighted by Crippen LogP contribution is 2.70. The molecule has 0 spiro atoms. The molecule has 0 aromatic rings. The van der Waals surface area contributed by atoms with E-state index in [0.717, 1.165) is 19.3 Å². The maximum atomic E-state index is 11.1. The fourth-order valence-electron chi connectivity index (χ4n) is 1.28. The van der Waals surface area contributed by atoms with Crippen molar-refractivity contribution in [3.05, 3.63) is 11.9 Å². The minimum absolute atomic E-state index is 0.0344. The van der Waals surface area contributed by atoms with Gasteiger partial charge in [0.15, 0.2) is 0 Å². The number of phosphoric ester groups is 1. The van der Waals surface area contributed by atoms with E-state index in [0.29, 0.717) is 6.42 Å². The second-order valence-electron chi connectivity index (χ2n) is 3.36. The van der Waals surface area contributed by atoms with E-state index in [2.05, 4.69) is 16.0 Å². The minimum Gasteiger partial charge on any atom is -0.430 e. The molecular formula is C8H13O6P. The van der Waals surface area contributed by atoms with Gasteiger partial charge >= 0.3 is 19.7 Å². The van der Waals surface area contributed by atoms with Crippen molar-refractivity contribution < 1.29 is 28.0 Å². The summed E-state index contributed by atoms with van der Waals surface area (Å²) < 4.78 is 30.0. The second kappa shape index (κ2) is 3.94. The van der Waals surface area contributed by atoms with Crippen LogP contribution in [0.15, 0.2) is 11.9 Å². The van der Waals surface area contributed by atoms with Gasteiger partial charge < -0.3 is 23.4 Å². The molecule has 0 saturated carbocycles. The van der Waals surface area contributed by atoms with E-state index in [9.17, 15) is 9.67 Å². The predicted octanol–water partition coefficient (Wildman–Crippen LogP) is 2.21. The summed E-state index contributed by atoms with van der Waals surface area (Å²) in [5.41, 5.74) is 0. The summed E-state index contributed by atoms with van der Waals surface area (Å²) in [5.74, 6) is -0.143. The number of unbranched alkanes of at least 4 members (excludes halogenated alkanes) is 2. The third-order valence-corrected chi connectivity index (χ3v) is 3.22. The normalized spacial score (nSPS) is 22.3. The Kier molecular flexibility index (Phi) is 2.80. The molecule has 1 fully saturated rings. The van der Waals surface area contributed by atoms with Gasteiger partial charge in [-0.15, -0.1) is 0 Å². The van der Waals surface area contributed by atoms with Gasteiger partial charge in [-0.05, 0) is 6.42 Å². The first-order valence-corrected chi connectivity index (χ1v) is 6.37. The van der Waals surface area contributed by atoms with Crippen molar-refractivity contribution in [3.8, 4) is 0 Å². The average molecular weight is 236 g/mol. The van der Waals surface area contributed by atoms with Crippen LogP contribution in [0.2, 0.25) is 0 Å². The summed E-state index contributed by atoms with van der Waals surface area (Å²) in [6.45, 7) is 2.07. The zero-order valence-corrected chi connectivity index (χ0v) is 9.24. The molecule has 0 amide bonds. The smallest absolute Gasteiger partial charge is 0.430 e. The molecule has 7 heteroatoms. The summed E-state index contributed by atoms with van der Waals surface area (Å²) >= 11 is 0. The molecule has 1 N–H and O–H groups in total. The van der Waals surface area contributed by atoms with Crippen molar-refractivity contribution in [2.24, 2.45) is 0 Å². The Labute approximate surface area is 87.4 Å². The molecule has 15 heavy (non-hydrogen) atoms. The standard InChI is InChI=1S/C8H13O6P/c1-2-3-4-5-6(9)11-7-8-13-15(10,12-7)14-8/h6,9H,2-5H2,1H3. The van der Waals surface area contributed by atoms with Crippen molar-refractivity contribution in [1.82, 2.24) is 0 Å². The largest absolute Gasteiger partial charge is 0.654 e. The van der Waals surface area contributed by atoms with Gasteiger partial charge in [-0.3, -0.25) is 0 Å². The highest BCUT2D eigenvalue weighted by molar-refractivity contribution is 7.50. The van der Waals surface area contributed by atoms with E-state index >= 15 is 0 Å². The molecule has 3 aliphatic rings. The quantitative estimate of drug-likeness (QED) is 0.433. The summed E-state index contributed by atoms with van der Waals surface area (Å²) in [4.78, 5) is 0. The van der Waals surface area contributed by atoms with Gasteiger partial charge in [-0.2, -0.15) is 4.57 Å². The van der Waals surface area contributed by atoms with E-state index in [4.69, 9.17) is 9.26 Å². The summed E-state index contributed by atoms with van der Waals surface area (Å²) in [5, 5.41) is 9.42. The molecule has 1 unspecified atom stereocenters. The third-order valence-electron chi connectivity index (χ3n) is 2.05. The Morgan fingerprint density at radius 2 is 2.13 bits per heavy atom. The molecule has 3 heterocycles. The van der Waals surface area contributed by atoms with Crippen molar-refractivity contribution in [2.45, 2.75) is 38.9 Å². The summed E-state index contributed by atoms with van der Waals surface area (Å²) in [6, 6.07) is 0. The Bertz CT molecular complexity index is 313. The molecule has 1 saturated heterocycles. The molecule has 1 atom stereocenters. The number of aliphatic hydroxyl groups excluding tert-OH is 1. The van der Waals surface area contributed by atoms with Crippen molar-refractivity contribution in [2.75, 3.05) is 0 Å². The van der Waals surface area contributed by atoms with Crippen molar-refractivity contribution >= 4 is 7.82 Å². The van der Waals surface area contributed by atoms with Gasteiger partial charge in [0.1, 0.15) is 0 Å². The van der Waals surface area contributed by atoms with E-state index in [1.165, 1.54) is 0 Å². The highest BCUT2D eigenvalue weighted by Gasteiger charge is 2.58. The average Bonchev–Trinajstić information content (AvgIpc) is 2.57. The van der Waals surface area contributed by atoms with Gasteiger partial charge in [0, 0.05) is 6.42 Å². The van der Waals surface area contributed by atoms with Crippen molar-refractivity contribution in [3.63, 3.8) is 0 Å². The highest BCUT2D eigenvalue weighted by atomic mass is 31.2. The van der Waals surface area contributed by atoms with Crippen LogP contribution >= 0.6 is 7.82 Å². The Morgan fingerprint density at radius 1 is 1.40 bits per heavy atom. The van der Waals surface area contributed by atoms with Crippen LogP contribution in [0.3, 0.4) is 0 Å². The van der Waals surface area contributed by atoms with E-state index in [-0.39, 0.29) is 11.9 Å². The number of hydrogen-bond donors (Lipinski definition) is 1. The van der Waals surface area contributed by atoms with Gasteiger partial charge in [0.05, 0.1) is 0 Å². The zero-order valence-electron chi connectivity index (χ0n) is 8.34. The number of fused-ring (bicyclic) bond motifs is 1. The Hall–Kier alpha value is -0.870. The molecular weight excluding hydrogens is 223 g/mol. The molecule has 86 valence electrons. The fraction of sp³-hybridized carbons (Fsp3) is 0.750. The number of aliphatic hydroxyl groups is 1. The van der Waals surface area contributed by atoms with Crippen LogP contribution in [0.25, 0.3) is 0 Å². The predicted molar refractivity (Wildman–Crippen MR) is 49.1 cm³/mol. The molecule has 0 aromatic carbocycles. The van der Waals surface area contributed by atoms with Crippen LogP contribution < -0.4 is 0 Å². The lowest BCUT2D eigenvalue weighted by Crippen LogP contribution is -2.11. The van der Waals surface area contributed by atoms with Gasteiger partial charge in [0.2, 0.25) is 6.29 Å². The van der Waals surface area contributed by atoms with Crippen LogP contribution in [0.4, 0.5) is 0 Å². The molecule has 0 radical (unpaired) electrons. The summed E-state index contributed by atoms with van der Waals surface area (Å²) in [6.07, 6.45) is 2.48. The lowest BCUT2D eigenvalue weighted by molar-refractivity contribution is -0.0980. The molecule has 6 nitrogen and oxygen atoms in total. The van der Waals surface area contributed by atoms with E-state index < -0.39 is 14.1 Å². The van der Waals surface area contributed by atoms with E-state index in [1.54, 1.807) is 0 Å². The topological polar surface area (TPSA) is 74.2 Å². The molecule has 3 aliphatic heterocycles. The molecule has 0 aliphatic carbocycles. The monoisotopic (exact) mass is 236 g/mol. The molecule has 3 rings (SSSR count). The number of rotatable bonds is 6. The maximum absolute atomic E-state index is 11.1. The summed E-state index contributed by atoms with van der Waals surface area (Å²) in [7, 11) is -3.35. The first-order valence-electron chi connectivity index (χ1n) is 4.91.